The van der Waals surface area contributed by atoms with E-state index >= 15 is 0 Å². The largest absolute Gasteiger partial charge is 0.490 e. The molecule has 0 radical (unpaired) electrons. The van der Waals surface area contributed by atoms with Gasteiger partial charge in [0, 0.05) is 18.6 Å². The van der Waals surface area contributed by atoms with Crippen molar-refractivity contribution in [2.75, 3.05) is 20.3 Å². The summed E-state index contributed by atoms with van der Waals surface area (Å²) in [5, 5.41) is 0. The van der Waals surface area contributed by atoms with E-state index in [1.54, 1.807) is 7.11 Å². The third-order valence-electron chi connectivity index (χ3n) is 4.15. The van der Waals surface area contributed by atoms with Crippen LogP contribution in [0.3, 0.4) is 0 Å². The fourth-order valence-corrected chi connectivity index (χ4v) is 3.26. The Labute approximate surface area is 135 Å². The summed E-state index contributed by atoms with van der Waals surface area (Å²) in [6.07, 6.45) is 4.36. The molecule has 4 heteroatoms. The lowest BCUT2D eigenvalue weighted by atomic mass is 9.79. The zero-order valence-electron chi connectivity index (χ0n) is 12.7. The van der Waals surface area contributed by atoms with E-state index < -0.39 is 0 Å². The number of ketones is 1. The lowest BCUT2D eigenvalue weighted by molar-refractivity contribution is 0.0875. The van der Waals surface area contributed by atoms with Gasteiger partial charge in [-0.3, -0.25) is 4.79 Å². The molecule has 116 valence electrons. The summed E-state index contributed by atoms with van der Waals surface area (Å²) in [5.41, 5.74) is 0.778. The maximum Gasteiger partial charge on any atom is 0.165 e. The molecule has 0 heterocycles. The number of hydrogen-bond donors (Lipinski definition) is 0. The Hall–Kier alpha value is -0.870. The summed E-state index contributed by atoms with van der Waals surface area (Å²) >= 11 is 3.48. The summed E-state index contributed by atoms with van der Waals surface area (Å²) < 4.78 is 11.4. The van der Waals surface area contributed by atoms with E-state index in [2.05, 4.69) is 22.9 Å². The highest BCUT2D eigenvalue weighted by Gasteiger charge is 2.25. The minimum atomic E-state index is 0.188. The van der Waals surface area contributed by atoms with E-state index in [0.29, 0.717) is 13.2 Å². The maximum atomic E-state index is 12.5. The number of carbonyl (C=O) groups excluding carboxylic acids is 1. The molecule has 1 aromatic carbocycles. The van der Waals surface area contributed by atoms with E-state index in [-0.39, 0.29) is 11.7 Å². The van der Waals surface area contributed by atoms with E-state index in [0.717, 1.165) is 47.4 Å². The van der Waals surface area contributed by atoms with Crippen LogP contribution in [0, 0.1) is 11.8 Å². The van der Waals surface area contributed by atoms with Gasteiger partial charge in [-0.25, -0.2) is 0 Å². The van der Waals surface area contributed by atoms with Gasteiger partial charge in [-0.2, -0.15) is 0 Å². The van der Waals surface area contributed by atoms with Crippen molar-refractivity contribution in [2.45, 2.75) is 32.6 Å². The van der Waals surface area contributed by atoms with Gasteiger partial charge in [0.15, 0.2) is 5.78 Å². The van der Waals surface area contributed by atoms with Gasteiger partial charge in [0.2, 0.25) is 0 Å². The molecule has 1 aromatic rings. The normalized spacial score (nSPS) is 22.0. The second kappa shape index (κ2) is 7.95. The molecule has 1 aliphatic carbocycles. The Bertz CT molecular complexity index is 479. The zero-order valence-corrected chi connectivity index (χ0v) is 14.3. The monoisotopic (exact) mass is 354 g/mol. The second-order valence-electron chi connectivity index (χ2n) is 5.81. The number of halogens is 1. The third-order valence-corrected chi connectivity index (χ3v) is 4.77. The van der Waals surface area contributed by atoms with Gasteiger partial charge in [-0.05, 0) is 52.9 Å². The Morgan fingerprint density at radius 1 is 1.24 bits per heavy atom. The fourth-order valence-electron chi connectivity index (χ4n) is 2.76. The average Bonchev–Trinajstić information content (AvgIpc) is 2.49. The lowest BCUT2D eigenvalue weighted by Crippen LogP contribution is -2.21. The first-order chi connectivity index (χ1) is 10.1. The van der Waals surface area contributed by atoms with Crippen molar-refractivity contribution < 1.29 is 14.3 Å². The molecular formula is C17H23BrO3. The minimum absolute atomic E-state index is 0.188. The van der Waals surface area contributed by atoms with Gasteiger partial charge in [-0.1, -0.05) is 19.8 Å². The second-order valence-corrected chi connectivity index (χ2v) is 6.66. The molecule has 21 heavy (non-hydrogen) atoms. The molecule has 0 spiro atoms. The van der Waals surface area contributed by atoms with Crippen LogP contribution in [0.5, 0.6) is 5.75 Å². The molecule has 2 rings (SSSR count). The van der Waals surface area contributed by atoms with Crippen molar-refractivity contribution in [1.29, 1.82) is 0 Å². The van der Waals surface area contributed by atoms with Crippen LogP contribution in [0.2, 0.25) is 0 Å². The number of ether oxygens (including phenoxy) is 2. The van der Waals surface area contributed by atoms with E-state index in [1.165, 1.54) is 0 Å². The lowest BCUT2D eigenvalue weighted by Gasteiger charge is -2.25. The first-order valence-corrected chi connectivity index (χ1v) is 8.36. The van der Waals surface area contributed by atoms with E-state index in [4.69, 9.17) is 9.47 Å². The van der Waals surface area contributed by atoms with Crippen molar-refractivity contribution in [3.05, 3.63) is 28.2 Å². The molecule has 0 N–H and O–H groups in total. The average molecular weight is 355 g/mol. The summed E-state index contributed by atoms with van der Waals surface area (Å²) in [6, 6.07) is 5.61. The van der Waals surface area contributed by atoms with Gasteiger partial charge in [0.05, 0.1) is 11.1 Å². The zero-order chi connectivity index (χ0) is 15.2. The summed E-state index contributed by atoms with van der Waals surface area (Å²) in [5.74, 6) is 1.97. The predicted molar refractivity (Wildman–Crippen MR) is 87.0 cm³/mol. The van der Waals surface area contributed by atoms with Crippen LogP contribution >= 0.6 is 15.9 Å². The van der Waals surface area contributed by atoms with Crippen LogP contribution in [0.25, 0.3) is 0 Å². The standard InChI is InChI=1S/C17H23BrO3/c1-12-3-5-13(6-4-12)17(19)14-7-8-16(15(18)11-14)21-10-9-20-2/h7-8,11-13H,3-6,9-10H2,1-2H3. The molecule has 3 nitrogen and oxygen atoms in total. The maximum absolute atomic E-state index is 12.5. The predicted octanol–water partition coefficient (Wildman–Crippen LogP) is 4.48. The summed E-state index contributed by atoms with van der Waals surface area (Å²) in [6.45, 7) is 3.32. The molecule has 0 aromatic heterocycles. The van der Waals surface area contributed by atoms with E-state index in [9.17, 15) is 4.79 Å². The molecule has 0 amide bonds. The van der Waals surface area contributed by atoms with Gasteiger partial charge in [0.25, 0.3) is 0 Å². The van der Waals surface area contributed by atoms with Gasteiger partial charge < -0.3 is 9.47 Å². The smallest absolute Gasteiger partial charge is 0.165 e. The number of hydrogen-bond acceptors (Lipinski definition) is 3. The van der Waals surface area contributed by atoms with Crippen molar-refractivity contribution in [1.82, 2.24) is 0 Å². The number of rotatable bonds is 6. The Morgan fingerprint density at radius 2 is 1.95 bits per heavy atom. The van der Waals surface area contributed by atoms with Crippen LogP contribution in [0.1, 0.15) is 43.0 Å². The minimum Gasteiger partial charge on any atom is -0.490 e. The number of carbonyl (C=O) groups is 1. The Kier molecular flexibility index (Phi) is 6.24. The van der Waals surface area contributed by atoms with E-state index in [1.807, 2.05) is 18.2 Å². The van der Waals surface area contributed by atoms with Crippen molar-refractivity contribution in [2.24, 2.45) is 11.8 Å². The molecule has 1 aliphatic rings. The van der Waals surface area contributed by atoms with Crippen LogP contribution in [0.4, 0.5) is 0 Å². The number of methoxy groups -OCH3 is 1. The molecule has 1 fully saturated rings. The SMILES string of the molecule is COCCOc1ccc(C(=O)C2CCC(C)CC2)cc1Br. The Morgan fingerprint density at radius 3 is 2.57 bits per heavy atom. The summed E-state index contributed by atoms with van der Waals surface area (Å²) in [4.78, 5) is 12.5. The molecule has 1 saturated carbocycles. The van der Waals surface area contributed by atoms with Crippen LogP contribution in [-0.4, -0.2) is 26.1 Å². The highest BCUT2D eigenvalue weighted by molar-refractivity contribution is 9.10. The van der Waals surface area contributed by atoms with Crippen molar-refractivity contribution >= 4 is 21.7 Å². The number of benzene rings is 1. The molecule has 0 unspecified atom stereocenters. The quantitative estimate of drug-likeness (QED) is 0.557. The molecule has 0 aliphatic heterocycles. The molecule has 0 atom stereocenters. The Balaban J connectivity index is 2.00. The van der Waals surface area contributed by atoms with Crippen LogP contribution in [-0.2, 0) is 4.74 Å². The molecular weight excluding hydrogens is 332 g/mol. The van der Waals surface area contributed by atoms with Gasteiger partial charge in [-0.15, -0.1) is 0 Å². The fraction of sp³-hybridized carbons (Fsp3) is 0.588. The van der Waals surface area contributed by atoms with Gasteiger partial charge in [0.1, 0.15) is 12.4 Å². The first-order valence-electron chi connectivity index (χ1n) is 7.57. The van der Waals surface area contributed by atoms with Gasteiger partial charge >= 0.3 is 0 Å². The molecule has 0 saturated heterocycles. The summed E-state index contributed by atoms with van der Waals surface area (Å²) in [7, 11) is 1.64. The van der Waals surface area contributed by atoms with Crippen LogP contribution in [0.15, 0.2) is 22.7 Å². The number of Topliss-reactive ketones (excluding diaryl/α,β-unsaturated/α-hetero) is 1. The van der Waals surface area contributed by atoms with Crippen molar-refractivity contribution in [3.8, 4) is 5.75 Å². The molecule has 0 bridgehead atoms. The topological polar surface area (TPSA) is 35.5 Å². The highest BCUT2D eigenvalue weighted by atomic mass is 79.9. The third kappa shape index (κ3) is 4.55. The first kappa shape index (κ1) is 16.5. The highest BCUT2D eigenvalue weighted by Crippen LogP contribution is 2.32. The van der Waals surface area contributed by atoms with Crippen LogP contribution < -0.4 is 4.74 Å². The van der Waals surface area contributed by atoms with Crippen molar-refractivity contribution in [3.63, 3.8) is 0 Å².